The van der Waals surface area contributed by atoms with Gasteiger partial charge in [0.25, 0.3) is 0 Å². The van der Waals surface area contributed by atoms with Gasteiger partial charge in [-0.2, -0.15) is 0 Å². The van der Waals surface area contributed by atoms with Gasteiger partial charge in [-0.15, -0.1) is 0 Å². The van der Waals surface area contributed by atoms with Crippen LogP contribution in [-0.4, -0.2) is 21.9 Å². The standard InChI is InChI=1S/C9H17IO2/c1-8(2)7(5-6-10)11-9(3,4)12-8/h7H,5-6H2,1-4H3/t7-/m1/s1. The van der Waals surface area contributed by atoms with E-state index in [-0.39, 0.29) is 11.7 Å². The molecule has 0 spiro atoms. The van der Waals surface area contributed by atoms with Crippen LogP contribution < -0.4 is 0 Å². The maximum Gasteiger partial charge on any atom is 0.164 e. The summed E-state index contributed by atoms with van der Waals surface area (Å²) in [7, 11) is 0. The predicted molar refractivity (Wildman–Crippen MR) is 57.6 cm³/mol. The Hall–Kier alpha value is 0.650. The van der Waals surface area contributed by atoms with Crippen molar-refractivity contribution in [2.24, 2.45) is 0 Å². The third kappa shape index (κ3) is 2.33. The van der Waals surface area contributed by atoms with Crippen LogP contribution in [0.5, 0.6) is 0 Å². The highest BCUT2D eigenvalue weighted by molar-refractivity contribution is 14.1. The zero-order valence-electron chi connectivity index (χ0n) is 8.19. The van der Waals surface area contributed by atoms with Crippen LogP contribution in [0.15, 0.2) is 0 Å². The average molecular weight is 284 g/mol. The smallest absolute Gasteiger partial charge is 0.164 e. The molecule has 0 aliphatic carbocycles. The van der Waals surface area contributed by atoms with Crippen LogP contribution in [0, 0.1) is 0 Å². The molecule has 1 saturated heterocycles. The molecule has 0 saturated carbocycles. The van der Waals surface area contributed by atoms with Crippen LogP contribution in [0.1, 0.15) is 34.1 Å². The van der Waals surface area contributed by atoms with Gasteiger partial charge in [0.05, 0.1) is 11.7 Å². The molecule has 0 bridgehead atoms. The highest BCUT2D eigenvalue weighted by Gasteiger charge is 2.46. The molecule has 0 unspecified atom stereocenters. The van der Waals surface area contributed by atoms with E-state index in [1.807, 2.05) is 13.8 Å². The minimum atomic E-state index is -0.403. The van der Waals surface area contributed by atoms with Crippen molar-refractivity contribution >= 4 is 22.6 Å². The molecule has 1 fully saturated rings. The minimum absolute atomic E-state index is 0.130. The Kier molecular flexibility index (Phi) is 3.06. The van der Waals surface area contributed by atoms with Gasteiger partial charge in [-0.05, 0) is 34.1 Å². The highest BCUT2D eigenvalue weighted by atomic mass is 127. The molecule has 1 atom stereocenters. The van der Waals surface area contributed by atoms with E-state index in [1.165, 1.54) is 0 Å². The van der Waals surface area contributed by atoms with Gasteiger partial charge in [-0.1, -0.05) is 22.6 Å². The van der Waals surface area contributed by atoms with Gasteiger partial charge in [-0.25, -0.2) is 0 Å². The van der Waals surface area contributed by atoms with E-state index in [0.29, 0.717) is 0 Å². The van der Waals surface area contributed by atoms with Gasteiger partial charge >= 0.3 is 0 Å². The molecule has 0 aromatic heterocycles. The van der Waals surface area contributed by atoms with Crippen LogP contribution in [0.3, 0.4) is 0 Å². The van der Waals surface area contributed by atoms with E-state index in [0.717, 1.165) is 10.8 Å². The summed E-state index contributed by atoms with van der Waals surface area (Å²) in [5.74, 6) is -0.403. The molecule has 1 aliphatic rings. The Labute approximate surface area is 88.1 Å². The number of hydrogen-bond donors (Lipinski definition) is 0. The van der Waals surface area contributed by atoms with E-state index in [4.69, 9.17) is 9.47 Å². The van der Waals surface area contributed by atoms with Crippen LogP contribution in [0.25, 0.3) is 0 Å². The molecule has 1 heterocycles. The van der Waals surface area contributed by atoms with Crippen LogP contribution in [-0.2, 0) is 9.47 Å². The first-order valence-electron chi connectivity index (χ1n) is 4.31. The molecular formula is C9H17IO2. The molecule has 0 radical (unpaired) electrons. The maximum atomic E-state index is 5.78. The summed E-state index contributed by atoms with van der Waals surface area (Å²) < 4.78 is 12.7. The molecule has 0 amide bonds. The number of ether oxygens (including phenoxy) is 2. The summed E-state index contributed by atoms with van der Waals surface area (Å²) in [5.41, 5.74) is -0.130. The van der Waals surface area contributed by atoms with Crippen LogP contribution in [0.2, 0.25) is 0 Å². The first kappa shape index (κ1) is 10.7. The van der Waals surface area contributed by atoms with Crippen molar-refractivity contribution in [1.82, 2.24) is 0 Å². The lowest BCUT2D eigenvalue weighted by Crippen LogP contribution is -2.33. The first-order valence-corrected chi connectivity index (χ1v) is 5.84. The molecule has 1 aliphatic heterocycles. The van der Waals surface area contributed by atoms with Crippen LogP contribution >= 0.6 is 22.6 Å². The normalized spacial score (nSPS) is 32.2. The Morgan fingerprint density at radius 3 is 2.17 bits per heavy atom. The summed E-state index contributed by atoms with van der Waals surface area (Å²) in [6.07, 6.45) is 1.31. The fraction of sp³-hybridized carbons (Fsp3) is 1.00. The van der Waals surface area contributed by atoms with E-state index in [1.54, 1.807) is 0 Å². The zero-order chi connectivity index (χ0) is 9.41. The second kappa shape index (κ2) is 3.42. The summed E-state index contributed by atoms with van der Waals surface area (Å²) in [4.78, 5) is 0. The summed E-state index contributed by atoms with van der Waals surface area (Å²) in [5, 5.41) is 0. The Morgan fingerprint density at radius 1 is 1.25 bits per heavy atom. The van der Waals surface area contributed by atoms with Crippen molar-refractivity contribution in [1.29, 1.82) is 0 Å². The second-order valence-corrected chi connectivity index (χ2v) is 5.27. The molecule has 12 heavy (non-hydrogen) atoms. The SMILES string of the molecule is CC1(C)O[C@H](CCI)C(C)(C)O1. The molecule has 72 valence electrons. The molecule has 1 rings (SSSR count). The Balaban J connectivity index is 2.64. The third-order valence-corrected chi connectivity index (χ3v) is 2.70. The molecule has 2 nitrogen and oxygen atoms in total. The van der Waals surface area contributed by atoms with Crippen molar-refractivity contribution in [2.45, 2.75) is 51.6 Å². The number of halogens is 1. The molecule has 3 heteroatoms. The molecular weight excluding hydrogens is 267 g/mol. The molecule has 0 aromatic carbocycles. The van der Waals surface area contributed by atoms with Gasteiger partial charge in [0, 0.05) is 4.43 Å². The van der Waals surface area contributed by atoms with Crippen molar-refractivity contribution in [2.75, 3.05) is 4.43 Å². The maximum absolute atomic E-state index is 5.78. The fourth-order valence-corrected chi connectivity index (χ4v) is 2.28. The summed E-state index contributed by atoms with van der Waals surface area (Å²) >= 11 is 2.37. The van der Waals surface area contributed by atoms with Crippen molar-refractivity contribution in [3.8, 4) is 0 Å². The van der Waals surface area contributed by atoms with E-state index in [2.05, 4.69) is 36.4 Å². The second-order valence-electron chi connectivity index (χ2n) is 4.19. The highest BCUT2D eigenvalue weighted by Crippen LogP contribution is 2.37. The van der Waals surface area contributed by atoms with Crippen molar-refractivity contribution in [3.05, 3.63) is 0 Å². The third-order valence-electron chi connectivity index (χ3n) is 2.08. The minimum Gasteiger partial charge on any atom is -0.344 e. The van der Waals surface area contributed by atoms with Gasteiger partial charge in [-0.3, -0.25) is 0 Å². The fourth-order valence-electron chi connectivity index (χ4n) is 1.71. The van der Waals surface area contributed by atoms with E-state index in [9.17, 15) is 0 Å². The van der Waals surface area contributed by atoms with E-state index < -0.39 is 5.79 Å². The van der Waals surface area contributed by atoms with Crippen LogP contribution in [0.4, 0.5) is 0 Å². The van der Waals surface area contributed by atoms with Gasteiger partial charge in [0.1, 0.15) is 0 Å². The topological polar surface area (TPSA) is 18.5 Å². The predicted octanol–water partition coefficient (Wildman–Crippen LogP) is 2.74. The number of hydrogen-bond acceptors (Lipinski definition) is 2. The molecule has 0 aromatic rings. The Morgan fingerprint density at radius 2 is 1.83 bits per heavy atom. The number of alkyl halides is 1. The Bertz CT molecular complexity index is 166. The lowest BCUT2D eigenvalue weighted by molar-refractivity contribution is -0.157. The summed E-state index contributed by atoms with van der Waals surface area (Å²) in [6, 6.07) is 0. The van der Waals surface area contributed by atoms with Gasteiger partial charge in [0.2, 0.25) is 0 Å². The zero-order valence-corrected chi connectivity index (χ0v) is 10.3. The van der Waals surface area contributed by atoms with Crippen molar-refractivity contribution < 1.29 is 9.47 Å². The first-order chi connectivity index (χ1) is 5.37. The quantitative estimate of drug-likeness (QED) is 0.573. The molecule has 0 N–H and O–H groups in total. The lowest BCUT2D eigenvalue weighted by atomic mass is 10.0. The van der Waals surface area contributed by atoms with Crippen molar-refractivity contribution in [3.63, 3.8) is 0 Å². The largest absolute Gasteiger partial charge is 0.344 e. The van der Waals surface area contributed by atoms with Gasteiger partial charge in [0.15, 0.2) is 5.79 Å². The summed E-state index contributed by atoms with van der Waals surface area (Å²) in [6.45, 7) is 8.14. The monoisotopic (exact) mass is 284 g/mol. The van der Waals surface area contributed by atoms with Gasteiger partial charge < -0.3 is 9.47 Å². The van der Waals surface area contributed by atoms with E-state index >= 15 is 0 Å². The lowest BCUT2D eigenvalue weighted by Gasteiger charge is -2.23. The average Bonchev–Trinajstić information content (AvgIpc) is 2.01. The number of rotatable bonds is 2.